The van der Waals surface area contributed by atoms with E-state index in [4.69, 9.17) is 8.83 Å². The second-order valence-electron chi connectivity index (χ2n) is 6.39. The number of hydrogen-bond acceptors (Lipinski definition) is 4. The van der Waals surface area contributed by atoms with Gasteiger partial charge in [-0.15, -0.1) is 0 Å². The minimum Gasteiger partial charge on any atom is -0.504 e. The number of carbonyl (C=O) groups is 1. The smallest absolute Gasteiger partial charge is 0.309 e. The average Bonchev–Trinajstić information content (AvgIpc) is 2.97. The normalized spacial score (nSPS) is 12.4. The van der Waals surface area contributed by atoms with Crippen molar-refractivity contribution in [2.24, 2.45) is 5.41 Å². The molecule has 5 nitrogen and oxygen atoms in total. The number of rotatable bonds is 3. The highest BCUT2D eigenvalue weighted by molar-refractivity contribution is 6.04. The number of phenols is 1. The van der Waals surface area contributed by atoms with Crippen molar-refractivity contribution in [1.82, 2.24) is 0 Å². The van der Waals surface area contributed by atoms with Gasteiger partial charge in [0, 0.05) is 10.9 Å². The van der Waals surface area contributed by atoms with Gasteiger partial charge in [0.1, 0.15) is 17.1 Å². The Morgan fingerprint density at radius 1 is 1.09 bits per heavy atom. The molecule has 3 aromatic rings. The minimum absolute atomic E-state index is 0.0341. The largest absolute Gasteiger partial charge is 0.504 e. The molecule has 1 aromatic carbocycles. The molecule has 2 N–H and O–H groups in total. The molecule has 2 aromatic heterocycles. The molecule has 0 unspecified atom stereocenters. The predicted octanol–water partition coefficient (Wildman–Crippen LogP) is 4.15. The Kier molecular flexibility index (Phi) is 2.99. The fourth-order valence-electron chi connectivity index (χ4n) is 2.77. The molecule has 0 saturated heterocycles. The van der Waals surface area contributed by atoms with Crippen LogP contribution in [0.5, 0.6) is 5.75 Å². The Hall–Kier alpha value is -2.43. The van der Waals surface area contributed by atoms with Crippen LogP contribution in [-0.4, -0.2) is 16.2 Å². The third kappa shape index (κ3) is 2.04. The SMILES string of the molecule is Cc1cc2c(CC(C)(C)C(=O)O)c3oc(C)cc3c(O)c2o1. The summed E-state index contributed by atoms with van der Waals surface area (Å²) in [4.78, 5) is 11.5. The molecule has 3 rings (SSSR count). The van der Waals surface area contributed by atoms with E-state index in [1.54, 1.807) is 39.8 Å². The Labute approximate surface area is 127 Å². The summed E-state index contributed by atoms with van der Waals surface area (Å²) in [6.45, 7) is 6.92. The molecule has 116 valence electrons. The molecule has 0 spiro atoms. The maximum atomic E-state index is 11.5. The highest BCUT2D eigenvalue weighted by Crippen LogP contribution is 2.42. The second kappa shape index (κ2) is 4.53. The maximum absolute atomic E-state index is 11.5. The van der Waals surface area contributed by atoms with E-state index in [-0.39, 0.29) is 12.2 Å². The lowest BCUT2D eigenvalue weighted by Crippen LogP contribution is -2.26. The monoisotopic (exact) mass is 302 g/mol. The van der Waals surface area contributed by atoms with Crippen LogP contribution >= 0.6 is 0 Å². The van der Waals surface area contributed by atoms with E-state index in [0.717, 1.165) is 5.56 Å². The number of furan rings is 2. The van der Waals surface area contributed by atoms with Crippen LogP contribution in [0.1, 0.15) is 30.9 Å². The standard InChI is InChI=1S/C17H18O5/c1-8-5-10-12(7-17(3,4)16(19)20)14-11(6-9(2)21-14)13(18)15(10)22-8/h5-6,18H,7H2,1-4H3,(H,19,20). The van der Waals surface area contributed by atoms with Gasteiger partial charge >= 0.3 is 5.97 Å². The summed E-state index contributed by atoms with van der Waals surface area (Å²) in [6, 6.07) is 3.54. The molecule has 2 heterocycles. The highest BCUT2D eigenvalue weighted by Gasteiger charge is 2.31. The quantitative estimate of drug-likeness (QED) is 0.759. The van der Waals surface area contributed by atoms with Crippen molar-refractivity contribution >= 4 is 27.9 Å². The van der Waals surface area contributed by atoms with Gasteiger partial charge in [-0.3, -0.25) is 4.79 Å². The Morgan fingerprint density at radius 3 is 2.23 bits per heavy atom. The lowest BCUT2D eigenvalue weighted by atomic mass is 9.84. The number of benzene rings is 1. The third-order valence-electron chi connectivity index (χ3n) is 3.98. The molecular weight excluding hydrogens is 284 g/mol. The number of aliphatic carboxylic acids is 1. The van der Waals surface area contributed by atoms with E-state index in [1.807, 2.05) is 0 Å². The molecule has 0 bridgehead atoms. The zero-order chi connectivity index (χ0) is 16.2. The van der Waals surface area contributed by atoms with Crippen LogP contribution in [0.3, 0.4) is 0 Å². The molecule has 22 heavy (non-hydrogen) atoms. The summed E-state index contributed by atoms with van der Waals surface area (Å²) in [7, 11) is 0. The van der Waals surface area contributed by atoms with E-state index in [1.165, 1.54) is 0 Å². The molecule has 0 atom stereocenters. The van der Waals surface area contributed by atoms with Crippen molar-refractivity contribution in [1.29, 1.82) is 0 Å². The first-order valence-corrected chi connectivity index (χ1v) is 7.08. The second-order valence-corrected chi connectivity index (χ2v) is 6.39. The number of aromatic hydroxyl groups is 1. The number of carboxylic acid groups (broad SMARTS) is 1. The van der Waals surface area contributed by atoms with E-state index >= 15 is 0 Å². The predicted molar refractivity (Wildman–Crippen MR) is 82.2 cm³/mol. The number of hydrogen-bond donors (Lipinski definition) is 2. The van der Waals surface area contributed by atoms with E-state index in [0.29, 0.717) is 33.5 Å². The third-order valence-corrected chi connectivity index (χ3v) is 3.98. The van der Waals surface area contributed by atoms with Crippen LogP contribution in [0.25, 0.3) is 21.9 Å². The van der Waals surface area contributed by atoms with E-state index in [2.05, 4.69) is 0 Å². The molecular formula is C17H18O5. The van der Waals surface area contributed by atoms with Gasteiger partial charge in [-0.1, -0.05) is 0 Å². The van der Waals surface area contributed by atoms with Gasteiger partial charge in [-0.25, -0.2) is 0 Å². The van der Waals surface area contributed by atoms with Crippen molar-refractivity contribution in [2.75, 3.05) is 0 Å². The fraction of sp³-hybridized carbons (Fsp3) is 0.353. The van der Waals surface area contributed by atoms with Crippen molar-refractivity contribution in [3.8, 4) is 5.75 Å². The molecule has 0 saturated carbocycles. The van der Waals surface area contributed by atoms with Gasteiger partial charge in [0.25, 0.3) is 0 Å². The first-order valence-electron chi connectivity index (χ1n) is 7.08. The summed E-state index contributed by atoms with van der Waals surface area (Å²) in [5, 5.41) is 21.1. The summed E-state index contributed by atoms with van der Waals surface area (Å²) in [5.41, 5.74) is 0.697. The molecule has 0 amide bonds. The fourth-order valence-corrected chi connectivity index (χ4v) is 2.77. The summed E-state index contributed by atoms with van der Waals surface area (Å²) < 4.78 is 11.3. The Bertz CT molecular complexity index is 837. The first-order chi connectivity index (χ1) is 10.2. The number of phenolic OH excluding ortho intramolecular Hbond substituents is 1. The van der Waals surface area contributed by atoms with Crippen molar-refractivity contribution < 1.29 is 23.8 Å². The lowest BCUT2D eigenvalue weighted by molar-refractivity contribution is -0.146. The van der Waals surface area contributed by atoms with Crippen LogP contribution in [-0.2, 0) is 11.2 Å². The van der Waals surface area contributed by atoms with Gasteiger partial charge in [0.2, 0.25) is 0 Å². The van der Waals surface area contributed by atoms with Gasteiger partial charge in [-0.2, -0.15) is 0 Å². The number of aryl methyl sites for hydroxylation is 2. The lowest BCUT2D eigenvalue weighted by Gasteiger charge is -2.19. The summed E-state index contributed by atoms with van der Waals surface area (Å²) >= 11 is 0. The van der Waals surface area contributed by atoms with Crippen LogP contribution in [0.4, 0.5) is 0 Å². The van der Waals surface area contributed by atoms with Gasteiger partial charge in [-0.05, 0) is 46.2 Å². The van der Waals surface area contributed by atoms with Gasteiger partial charge < -0.3 is 19.0 Å². The van der Waals surface area contributed by atoms with E-state index < -0.39 is 11.4 Å². The number of fused-ring (bicyclic) bond motifs is 2. The van der Waals surface area contributed by atoms with E-state index in [9.17, 15) is 15.0 Å². The topological polar surface area (TPSA) is 83.8 Å². The number of carboxylic acids is 1. The summed E-state index contributed by atoms with van der Waals surface area (Å²) in [5.74, 6) is 0.463. The maximum Gasteiger partial charge on any atom is 0.309 e. The van der Waals surface area contributed by atoms with Gasteiger partial charge in [0.15, 0.2) is 11.3 Å². The van der Waals surface area contributed by atoms with Crippen molar-refractivity contribution in [3.05, 3.63) is 29.2 Å². The first kappa shape index (κ1) is 14.5. The van der Waals surface area contributed by atoms with Gasteiger partial charge in [0.05, 0.1) is 10.8 Å². The molecule has 0 aliphatic rings. The zero-order valence-corrected chi connectivity index (χ0v) is 13.0. The molecule has 5 heteroatoms. The average molecular weight is 302 g/mol. The van der Waals surface area contributed by atoms with Crippen molar-refractivity contribution in [3.63, 3.8) is 0 Å². The minimum atomic E-state index is -0.956. The Balaban J connectivity index is 2.38. The summed E-state index contributed by atoms with van der Waals surface area (Å²) in [6.07, 6.45) is 0.279. The Morgan fingerprint density at radius 2 is 1.64 bits per heavy atom. The van der Waals surface area contributed by atoms with Crippen LogP contribution in [0, 0.1) is 19.3 Å². The van der Waals surface area contributed by atoms with Crippen LogP contribution < -0.4 is 0 Å². The van der Waals surface area contributed by atoms with Crippen LogP contribution in [0.15, 0.2) is 21.0 Å². The van der Waals surface area contributed by atoms with Crippen LogP contribution in [0.2, 0.25) is 0 Å². The molecule has 0 fully saturated rings. The zero-order valence-electron chi connectivity index (χ0n) is 13.0. The van der Waals surface area contributed by atoms with Crippen molar-refractivity contribution in [2.45, 2.75) is 34.1 Å². The molecule has 0 aliphatic heterocycles. The highest BCUT2D eigenvalue weighted by atomic mass is 16.4. The molecule has 0 radical (unpaired) electrons. The molecule has 0 aliphatic carbocycles.